The first kappa shape index (κ1) is 49.4. The third-order valence-corrected chi connectivity index (χ3v) is 24.5. The van der Waals surface area contributed by atoms with E-state index in [0.29, 0.717) is 19.4 Å². The van der Waals surface area contributed by atoms with Crippen molar-refractivity contribution in [1.82, 2.24) is 0 Å². The molecule has 2 aromatic rings. The molecule has 7 nitrogen and oxygen atoms in total. The van der Waals surface area contributed by atoms with Gasteiger partial charge >= 0.3 is 0 Å². The molecule has 62 heavy (non-hydrogen) atoms. The monoisotopic (exact) mass is 948 g/mol. The summed E-state index contributed by atoms with van der Waals surface area (Å²) in [5.74, 6) is -1.17. The topological polar surface area (TPSA) is 72.5 Å². The molecule has 0 bridgehead atoms. The van der Waals surface area contributed by atoms with Gasteiger partial charge in [-0.25, -0.2) is 0 Å². The molecule has 2 spiro atoms. The normalized spacial score (nSPS) is 29.6. The van der Waals surface area contributed by atoms with Crippen LogP contribution in [0.25, 0.3) is 0 Å². The summed E-state index contributed by atoms with van der Waals surface area (Å²) in [7, 11) is -4.58. The van der Waals surface area contributed by atoms with E-state index in [9.17, 15) is 4.79 Å². The van der Waals surface area contributed by atoms with E-state index in [2.05, 4.69) is 176 Å². The highest BCUT2D eigenvalue weighted by Gasteiger charge is 2.60. The van der Waals surface area contributed by atoms with E-state index in [-0.39, 0.29) is 64.1 Å². The molecule has 2 aromatic carbocycles. The van der Waals surface area contributed by atoms with Crippen molar-refractivity contribution >= 4 is 48.7 Å². The van der Waals surface area contributed by atoms with Gasteiger partial charge in [0.15, 0.2) is 19.9 Å². The minimum Gasteiger partial charge on any atom is -0.409 e. The molecule has 0 N–H and O–H groups in total. The van der Waals surface area contributed by atoms with Crippen LogP contribution in [0.3, 0.4) is 0 Å². The van der Waals surface area contributed by atoms with Crippen LogP contribution in [0.15, 0.2) is 96.0 Å². The molecule has 0 radical (unpaired) electrons. The van der Waals surface area contributed by atoms with Crippen molar-refractivity contribution in [3.63, 3.8) is 0 Å². The maximum absolute atomic E-state index is 13.7. The lowest BCUT2D eigenvalue weighted by atomic mass is 9.86. The van der Waals surface area contributed by atoms with E-state index < -0.39 is 28.2 Å². The molecule has 0 aliphatic carbocycles. The van der Waals surface area contributed by atoms with Crippen LogP contribution in [0.4, 0.5) is 0 Å². The van der Waals surface area contributed by atoms with Gasteiger partial charge in [0, 0.05) is 48.6 Å². The summed E-state index contributed by atoms with van der Waals surface area (Å²) >= 11 is 3.64. The van der Waals surface area contributed by atoms with Gasteiger partial charge in [-0.1, -0.05) is 164 Å². The number of Topliss-reactive ketones (excluding diaryl/α,β-unsaturated/α-hetero) is 1. The fraction of sp³-hybridized carbons (Fsp3) is 0.635. The molecular formula is C52H77BrO7Si2. The molecular weight excluding hydrogens is 873 g/mol. The van der Waals surface area contributed by atoms with E-state index in [4.69, 9.17) is 27.8 Å². The highest BCUT2D eigenvalue weighted by molar-refractivity contribution is 9.11. The lowest BCUT2D eigenvalue weighted by molar-refractivity contribution is -0.355. The van der Waals surface area contributed by atoms with Crippen molar-refractivity contribution in [2.75, 3.05) is 6.61 Å². The molecule has 10 heteroatoms. The highest BCUT2D eigenvalue weighted by Crippen LogP contribution is 2.53. The van der Waals surface area contributed by atoms with Gasteiger partial charge in [0.25, 0.3) is 8.32 Å². The van der Waals surface area contributed by atoms with Crippen molar-refractivity contribution in [2.24, 2.45) is 17.8 Å². The quantitative estimate of drug-likeness (QED) is 0.0888. The van der Waals surface area contributed by atoms with Gasteiger partial charge in [0.1, 0.15) is 5.78 Å². The molecule has 0 aromatic heterocycles. The molecule has 0 amide bonds. The van der Waals surface area contributed by atoms with Crippen LogP contribution in [-0.2, 0) is 32.6 Å². The number of unbranched alkanes of at least 4 members (excludes halogenated alkanes) is 1. The fourth-order valence-electron chi connectivity index (χ4n) is 10.0. The molecule has 4 aliphatic rings. The van der Waals surface area contributed by atoms with Crippen molar-refractivity contribution in [3.05, 3.63) is 96.0 Å². The van der Waals surface area contributed by atoms with Crippen LogP contribution < -0.4 is 10.4 Å². The summed E-state index contributed by atoms with van der Waals surface area (Å²) in [5, 5.41) is 2.66. The number of ketones is 1. The summed E-state index contributed by atoms with van der Waals surface area (Å²) in [6.45, 7) is 29.6. The standard InChI is InChI=1S/C52H77BrO7Si2/c1-37(33-38(2)48(40(4)53)59-61(11,12)49(5,6)7)45(54)35-42-36-47-46(56-42)34-39(3)52(58-47)31-30-51(60-52)29-22-24-41(57-51)23-16-15-21-32-55-62(50(8,9)10,43-25-17-13-18-26-43)44-27-19-14-20-28-44/h13-14,16-20,22-23,25-29,37-39,41-42,46-48H,4,15,21,24,30-36H2,1-3,5-12H3/b23-16+/t37-,38+,39-,41-,42-,46-,47-,48+,51+,52-/m1/s1. The Balaban J connectivity index is 0.994. The first-order valence-corrected chi connectivity index (χ1v) is 29.1. The van der Waals surface area contributed by atoms with Crippen LogP contribution >= 0.6 is 15.9 Å². The SMILES string of the molecule is C=C(Br)[C@@H](O[Si](C)(C)C(C)(C)C)[C@@H](C)C[C@@H](C)C(=O)C[C@@H]1C[C@H]2O[C@@]3(CC[C@]4(C=CC[C@@H](/C=C/CCCO[Si](c5ccccc5)(c5ccccc5)C(C)(C)C)O4)O3)[C@H](C)C[C@H]2O1. The molecule has 4 heterocycles. The maximum Gasteiger partial charge on any atom is 0.261 e. The van der Waals surface area contributed by atoms with Crippen LogP contribution in [0.1, 0.15) is 120 Å². The Morgan fingerprint density at radius 1 is 0.935 bits per heavy atom. The van der Waals surface area contributed by atoms with E-state index in [0.717, 1.165) is 49.4 Å². The van der Waals surface area contributed by atoms with Gasteiger partial charge < -0.3 is 27.8 Å². The highest BCUT2D eigenvalue weighted by atomic mass is 79.9. The third-order valence-electron chi connectivity index (χ3n) is 14.6. The van der Waals surface area contributed by atoms with E-state index in [1.54, 1.807) is 0 Å². The Morgan fingerprint density at radius 3 is 2.18 bits per heavy atom. The second-order valence-electron chi connectivity index (χ2n) is 21.5. The maximum atomic E-state index is 13.7. The number of ether oxygens (including phenoxy) is 4. The average Bonchev–Trinajstić information content (AvgIpc) is 3.76. The predicted octanol–water partition coefficient (Wildman–Crippen LogP) is 12.0. The summed E-state index contributed by atoms with van der Waals surface area (Å²) in [6.07, 6.45) is 15.0. The van der Waals surface area contributed by atoms with Gasteiger partial charge in [-0.3, -0.25) is 4.79 Å². The second kappa shape index (κ2) is 19.8. The van der Waals surface area contributed by atoms with E-state index >= 15 is 0 Å². The first-order chi connectivity index (χ1) is 29.1. The average molecular weight is 950 g/mol. The van der Waals surface area contributed by atoms with Crippen LogP contribution in [0.2, 0.25) is 23.2 Å². The van der Waals surface area contributed by atoms with Crippen molar-refractivity contribution in [1.29, 1.82) is 0 Å². The number of hydrogen-bond donors (Lipinski definition) is 0. The van der Waals surface area contributed by atoms with Gasteiger partial charge in [-0.05, 0) is 77.6 Å². The number of hydrogen-bond acceptors (Lipinski definition) is 7. The molecule has 0 saturated carbocycles. The number of benzene rings is 2. The molecule has 4 aliphatic heterocycles. The number of rotatable bonds is 17. The number of fused-ring (bicyclic) bond motifs is 1. The Morgan fingerprint density at radius 2 is 1.58 bits per heavy atom. The zero-order valence-electron chi connectivity index (χ0n) is 39.7. The molecule has 342 valence electrons. The van der Waals surface area contributed by atoms with Crippen LogP contribution in [0, 0.1) is 17.8 Å². The minimum absolute atomic E-state index is 0.0408. The first-order valence-electron chi connectivity index (χ1n) is 23.5. The summed E-state index contributed by atoms with van der Waals surface area (Å²) in [4.78, 5) is 13.7. The smallest absolute Gasteiger partial charge is 0.261 e. The van der Waals surface area contributed by atoms with Crippen molar-refractivity contribution < 1.29 is 32.6 Å². The van der Waals surface area contributed by atoms with Gasteiger partial charge in [-0.2, -0.15) is 0 Å². The van der Waals surface area contributed by atoms with Crippen molar-refractivity contribution in [2.45, 2.75) is 185 Å². The summed E-state index contributed by atoms with van der Waals surface area (Å²) in [5.41, 5.74) is 0. The lowest BCUT2D eigenvalue weighted by Gasteiger charge is -2.45. The van der Waals surface area contributed by atoms with Crippen LogP contribution in [-0.4, -0.2) is 71.1 Å². The van der Waals surface area contributed by atoms with Crippen molar-refractivity contribution in [3.8, 4) is 0 Å². The number of halogens is 1. The summed E-state index contributed by atoms with van der Waals surface area (Å²) < 4.78 is 41.9. The van der Waals surface area contributed by atoms with Gasteiger partial charge in [-0.15, -0.1) is 0 Å². The Hall–Kier alpha value is -2.00. The number of allylic oxidation sites excluding steroid dienone is 1. The lowest BCUT2D eigenvalue weighted by Crippen LogP contribution is -2.66. The van der Waals surface area contributed by atoms with Crippen LogP contribution in [0.5, 0.6) is 0 Å². The third kappa shape index (κ3) is 11.0. The predicted molar refractivity (Wildman–Crippen MR) is 261 cm³/mol. The zero-order valence-corrected chi connectivity index (χ0v) is 43.3. The van der Waals surface area contributed by atoms with E-state index in [1.165, 1.54) is 10.4 Å². The molecule has 0 unspecified atom stereocenters. The Kier molecular flexibility index (Phi) is 15.8. The van der Waals surface area contributed by atoms with Gasteiger partial charge in [0.05, 0.1) is 30.5 Å². The number of carbonyl (C=O) groups is 1. The zero-order chi connectivity index (χ0) is 45.1. The fourth-order valence-corrected chi connectivity index (χ4v) is 16.7. The summed E-state index contributed by atoms with van der Waals surface area (Å²) in [6, 6.07) is 21.7. The Labute approximate surface area is 385 Å². The Bertz CT molecular complexity index is 1830. The molecule has 10 atom stereocenters. The van der Waals surface area contributed by atoms with E-state index in [1.807, 2.05) is 6.92 Å². The van der Waals surface area contributed by atoms with Gasteiger partial charge in [0.2, 0.25) is 0 Å². The minimum atomic E-state index is -2.55. The number of carbonyl (C=O) groups excluding carboxylic acids is 1. The largest absolute Gasteiger partial charge is 0.409 e. The molecule has 6 rings (SSSR count). The molecule has 3 saturated heterocycles. The molecule has 3 fully saturated rings. The second-order valence-corrected chi connectivity index (χ2v) is 31.5.